The fraction of sp³-hybridized carbons (Fsp3) is 0.500. The van der Waals surface area contributed by atoms with Crippen LogP contribution in [0.1, 0.15) is 10.4 Å². The largest absolute Gasteiger partial charge is 0.395 e. The minimum absolute atomic E-state index is 0.0520. The van der Waals surface area contributed by atoms with Gasteiger partial charge < -0.3 is 14.7 Å². The summed E-state index contributed by atoms with van der Waals surface area (Å²) in [6, 6.07) is 0. The molecule has 1 rings (SSSR count). The van der Waals surface area contributed by atoms with Gasteiger partial charge in [0.05, 0.1) is 18.8 Å². The Morgan fingerprint density at radius 1 is 1.53 bits per heavy atom. The Morgan fingerprint density at radius 3 is 2.88 bits per heavy atom. The van der Waals surface area contributed by atoms with Crippen molar-refractivity contribution in [1.29, 1.82) is 0 Å². The van der Waals surface area contributed by atoms with Gasteiger partial charge in [-0.1, -0.05) is 11.6 Å². The van der Waals surface area contributed by atoms with Gasteiger partial charge in [0.25, 0.3) is 0 Å². The molecule has 0 bridgehead atoms. The number of aliphatic hydroxyl groups excluding tert-OH is 1. The molecule has 1 aromatic heterocycles. The van der Waals surface area contributed by atoms with E-state index in [0.29, 0.717) is 31.8 Å². The zero-order valence-electron chi connectivity index (χ0n) is 9.47. The van der Waals surface area contributed by atoms with Crippen molar-refractivity contribution >= 4 is 23.7 Å². The Balaban J connectivity index is 2.99. The van der Waals surface area contributed by atoms with Crippen LogP contribution in [0.3, 0.4) is 0 Å². The van der Waals surface area contributed by atoms with Gasteiger partial charge in [0.1, 0.15) is 17.3 Å². The molecule has 0 fully saturated rings. The maximum Gasteiger partial charge on any atom is 0.156 e. The highest BCUT2D eigenvalue weighted by Crippen LogP contribution is 2.20. The van der Waals surface area contributed by atoms with Crippen LogP contribution in [0.25, 0.3) is 0 Å². The SMILES string of the molecule is COCCN(CCO)c1ncnc(Cl)c1C=O. The lowest BCUT2D eigenvalue weighted by Gasteiger charge is -2.23. The van der Waals surface area contributed by atoms with Gasteiger partial charge in [0, 0.05) is 20.2 Å². The highest BCUT2D eigenvalue weighted by atomic mass is 35.5. The van der Waals surface area contributed by atoms with Crippen LogP contribution in [0, 0.1) is 0 Å². The Kier molecular flexibility index (Phi) is 5.82. The molecule has 0 aliphatic rings. The molecule has 17 heavy (non-hydrogen) atoms. The zero-order chi connectivity index (χ0) is 12.7. The summed E-state index contributed by atoms with van der Waals surface area (Å²) in [6.07, 6.45) is 1.89. The third-order valence-corrected chi connectivity index (χ3v) is 2.47. The molecule has 0 aliphatic carbocycles. The fourth-order valence-electron chi connectivity index (χ4n) is 1.36. The second-order valence-electron chi connectivity index (χ2n) is 3.22. The predicted octanol–water partition coefficient (Wildman–Crippen LogP) is 0.388. The number of aldehydes is 1. The number of ether oxygens (including phenoxy) is 1. The van der Waals surface area contributed by atoms with Gasteiger partial charge in [-0.05, 0) is 0 Å². The molecule has 0 spiro atoms. The highest BCUT2D eigenvalue weighted by Gasteiger charge is 2.15. The summed E-state index contributed by atoms with van der Waals surface area (Å²) in [7, 11) is 1.57. The maximum atomic E-state index is 10.9. The molecule has 1 heterocycles. The first-order valence-corrected chi connectivity index (χ1v) is 5.42. The molecule has 94 valence electrons. The minimum atomic E-state index is -0.0520. The van der Waals surface area contributed by atoms with E-state index in [1.807, 2.05) is 0 Å². The van der Waals surface area contributed by atoms with Crippen molar-refractivity contribution in [2.45, 2.75) is 0 Å². The first kappa shape index (κ1) is 13.8. The minimum Gasteiger partial charge on any atom is -0.395 e. The summed E-state index contributed by atoms with van der Waals surface area (Å²) in [5.41, 5.74) is 0.221. The molecule has 6 nitrogen and oxygen atoms in total. The van der Waals surface area contributed by atoms with Gasteiger partial charge in [-0.3, -0.25) is 4.79 Å². The quantitative estimate of drug-likeness (QED) is 0.564. The van der Waals surface area contributed by atoms with Crippen molar-refractivity contribution in [1.82, 2.24) is 9.97 Å². The Morgan fingerprint density at radius 2 is 2.29 bits per heavy atom. The van der Waals surface area contributed by atoms with Crippen molar-refractivity contribution < 1.29 is 14.6 Å². The molecule has 0 unspecified atom stereocenters. The van der Waals surface area contributed by atoms with Crippen LogP contribution in [-0.2, 0) is 4.74 Å². The van der Waals surface area contributed by atoms with Crippen LogP contribution in [0.5, 0.6) is 0 Å². The van der Waals surface area contributed by atoms with Gasteiger partial charge in [0.2, 0.25) is 0 Å². The van der Waals surface area contributed by atoms with Crippen LogP contribution in [0.2, 0.25) is 5.15 Å². The number of carbonyl (C=O) groups is 1. The van der Waals surface area contributed by atoms with Crippen molar-refractivity contribution in [2.24, 2.45) is 0 Å². The van der Waals surface area contributed by atoms with E-state index in [4.69, 9.17) is 21.4 Å². The summed E-state index contributed by atoms with van der Waals surface area (Å²) in [4.78, 5) is 20.4. The van der Waals surface area contributed by atoms with Crippen molar-refractivity contribution in [3.05, 3.63) is 17.0 Å². The lowest BCUT2D eigenvalue weighted by molar-refractivity contribution is 0.112. The summed E-state index contributed by atoms with van der Waals surface area (Å²) in [6.45, 7) is 1.26. The first-order chi connectivity index (χ1) is 8.24. The third kappa shape index (κ3) is 3.62. The average Bonchev–Trinajstić information content (AvgIpc) is 2.34. The number of nitrogens with zero attached hydrogens (tertiary/aromatic N) is 3. The van der Waals surface area contributed by atoms with E-state index in [1.165, 1.54) is 6.33 Å². The molecule has 0 aliphatic heterocycles. The average molecular weight is 260 g/mol. The second-order valence-corrected chi connectivity index (χ2v) is 3.58. The smallest absolute Gasteiger partial charge is 0.156 e. The second kappa shape index (κ2) is 7.16. The van der Waals surface area contributed by atoms with E-state index in [0.717, 1.165) is 0 Å². The number of rotatable bonds is 7. The number of methoxy groups -OCH3 is 1. The summed E-state index contributed by atoms with van der Waals surface area (Å²) in [5, 5.41) is 9.09. The molecule has 1 aromatic rings. The zero-order valence-corrected chi connectivity index (χ0v) is 10.2. The van der Waals surface area contributed by atoms with Crippen molar-refractivity contribution in [2.75, 3.05) is 38.3 Å². The number of halogens is 1. The lowest BCUT2D eigenvalue weighted by Crippen LogP contribution is -2.32. The Hall–Kier alpha value is -1.24. The molecule has 0 radical (unpaired) electrons. The van der Waals surface area contributed by atoms with E-state index in [1.54, 1.807) is 12.0 Å². The topological polar surface area (TPSA) is 75.6 Å². The van der Waals surface area contributed by atoms with Gasteiger partial charge in [0.15, 0.2) is 6.29 Å². The van der Waals surface area contributed by atoms with Crippen molar-refractivity contribution in [3.63, 3.8) is 0 Å². The summed E-state index contributed by atoms with van der Waals surface area (Å²) < 4.78 is 4.96. The lowest BCUT2D eigenvalue weighted by atomic mass is 10.3. The van der Waals surface area contributed by atoms with Crippen LogP contribution in [0.15, 0.2) is 6.33 Å². The van der Waals surface area contributed by atoms with Crippen molar-refractivity contribution in [3.8, 4) is 0 Å². The molecular weight excluding hydrogens is 246 g/mol. The first-order valence-electron chi connectivity index (χ1n) is 5.05. The van der Waals surface area contributed by atoms with Gasteiger partial charge >= 0.3 is 0 Å². The highest BCUT2D eigenvalue weighted by molar-refractivity contribution is 6.32. The molecule has 0 saturated heterocycles. The summed E-state index contributed by atoms with van der Waals surface area (Å²) >= 11 is 5.81. The van der Waals surface area contributed by atoms with E-state index >= 15 is 0 Å². The standard InChI is InChI=1S/C10H14ClN3O3/c1-17-5-3-14(2-4-15)10-8(6-16)9(11)12-7-13-10/h6-7,15H,2-5H2,1H3. The van der Waals surface area contributed by atoms with Gasteiger partial charge in [-0.2, -0.15) is 0 Å². The Bertz CT molecular complexity index is 376. The molecule has 0 atom stereocenters. The van der Waals surface area contributed by atoms with E-state index in [9.17, 15) is 4.79 Å². The van der Waals surface area contributed by atoms with Crippen LogP contribution < -0.4 is 4.90 Å². The van der Waals surface area contributed by atoms with Gasteiger partial charge in [-0.15, -0.1) is 0 Å². The third-order valence-electron chi connectivity index (χ3n) is 2.17. The number of aromatic nitrogens is 2. The van der Waals surface area contributed by atoms with E-state index in [-0.39, 0.29) is 17.3 Å². The van der Waals surface area contributed by atoms with E-state index in [2.05, 4.69) is 9.97 Å². The molecular formula is C10H14ClN3O3. The number of anilines is 1. The van der Waals surface area contributed by atoms with Crippen LogP contribution in [-0.4, -0.2) is 54.8 Å². The number of carbonyl (C=O) groups excluding carboxylic acids is 1. The Labute approximate surface area is 104 Å². The van der Waals surface area contributed by atoms with Crippen LogP contribution >= 0.6 is 11.6 Å². The number of hydrogen-bond acceptors (Lipinski definition) is 6. The normalized spacial score (nSPS) is 10.3. The maximum absolute atomic E-state index is 10.9. The van der Waals surface area contributed by atoms with E-state index < -0.39 is 0 Å². The molecule has 7 heteroatoms. The predicted molar refractivity (Wildman–Crippen MR) is 63.6 cm³/mol. The van der Waals surface area contributed by atoms with Gasteiger partial charge in [-0.25, -0.2) is 9.97 Å². The van der Waals surface area contributed by atoms with Crippen LogP contribution in [0.4, 0.5) is 5.82 Å². The molecule has 0 aromatic carbocycles. The number of hydrogen-bond donors (Lipinski definition) is 1. The molecule has 0 amide bonds. The molecule has 1 N–H and O–H groups in total. The summed E-state index contributed by atoms with van der Waals surface area (Å²) in [5.74, 6) is 0.408. The monoisotopic (exact) mass is 259 g/mol. The molecule has 0 saturated carbocycles. The number of aliphatic hydroxyl groups is 1. The fourth-order valence-corrected chi connectivity index (χ4v) is 1.54.